The molecule has 2 nitrogen and oxygen atoms in total. The summed E-state index contributed by atoms with van der Waals surface area (Å²) in [5.41, 5.74) is 1.48. The number of furan rings is 1. The van der Waals surface area contributed by atoms with Crippen LogP contribution in [0.5, 0.6) is 0 Å². The van der Waals surface area contributed by atoms with Gasteiger partial charge in [0, 0.05) is 5.39 Å². The number of rotatable bonds is 4. The van der Waals surface area contributed by atoms with Gasteiger partial charge in [-0.25, -0.2) is 0 Å². The van der Waals surface area contributed by atoms with E-state index in [1.54, 1.807) is 18.0 Å². The van der Waals surface area contributed by atoms with Crippen LogP contribution in [0.1, 0.15) is 17.3 Å². The van der Waals surface area contributed by atoms with E-state index in [4.69, 9.17) is 4.42 Å². The first-order chi connectivity index (χ1) is 7.33. The summed E-state index contributed by atoms with van der Waals surface area (Å²) in [6.07, 6.45) is 1.56. The molecule has 78 valence electrons. The Labute approximate surface area is 92.7 Å². The zero-order valence-electron chi connectivity index (χ0n) is 8.53. The van der Waals surface area contributed by atoms with Gasteiger partial charge in [-0.2, -0.15) is 11.8 Å². The van der Waals surface area contributed by atoms with Gasteiger partial charge < -0.3 is 4.42 Å². The second kappa shape index (κ2) is 4.53. The fraction of sp³-hybridized carbons (Fsp3) is 0.250. The highest BCUT2D eigenvalue weighted by molar-refractivity contribution is 7.99. The van der Waals surface area contributed by atoms with Crippen LogP contribution in [0.25, 0.3) is 11.0 Å². The Kier molecular flexibility index (Phi) is 3.11. The second-order valence-corrected chi connectivity index (χ2v) is 4.48. The van der Waals surface area contributed by atoms with Crippen LogP contribution in [0.15, 0.2) is 34.9 Å². The maximum atomic E-state index is 11.8. The van der Waals surface area contributed by atoms with E-state index >= 15 is 0 Å². The van der Waals surface area contributed by atoms with Crippen molar-refractivity contribution >= 4 is 28.5 Å². The average Bonchev–Trinajstić information content (AvgIpc) is 2.69. The van der Waals surface area contributed by atoms with Crippen LogP contribution in [0, 0.1) is 0 Å². The second-order valence-electron chi connectivity index (χ2n) is 3.21. The molecule has 0 aliphatic carbocycles. The van der Waals surface area contributed by atoms with Gasteiger partial charge in [0.25, 0.3) is 0 Å². The zero-order chi connectivity index (χ0) is 10.7. The van der Waals surface area contributed by atoms with Gasteiger partial charge in [-0.05, 0) is 11.8 Å². The van der Waals surface area contributed by atoms with Crippen molar-refractivity contribution < 1.29 is 9.21 Å². The molecular weight excluding hydrogens is 208 g/mol. The fourth-order valence-electron chi connectivity index (χ4n) is 1.47. The molecule has 0 aliphatic rings. The third-order valence-corrected chi connectivity index (χ3v) is 3.09. The molecule has 0 spiro atoms. The smallest absolute Gasteiger partial charge is 0.176 e. The average molecular weight is 220 g/mol. The first kappa shape index (κ1) is 10.3. The number of para-hydroxylation sites is 1. The number of hydrogen-bond donors (Lipinski definition) is 0. The molecular formula is C12H12O2S. The Morgan fingerprint density at radius 3 is 3.00 bits per heavy atom. The molecule has 0 saturated carbocycles. The molecule has 0 N–H and O–H groups in total. The fourth-order valence-corrected chi connectivity index (χ4v) is 2.01. The number of carbonyl (C=O) groups excluding carboxylic acids is 1. The van der Waals surface area contributed by atoms with Gasteiger partial charge in [0.1, 0.15) is 11.8 Å². The maximum absolute atomic E-state index is 11.8. The van der Waals surface area contributed by atoms with Crippen LogP contribution in [-0.2, 0) is 0 Å². The van der Waals surface area contributed by atoms with Crippen LogP contribution in [0.3, 0.4) is 0 Å². The minimum absolute atomic E-state index is 0.145. The van der Waals surface area contributed by atoms with Gasteiger partial charge in [0.2, 0.25) is 0 Å². The molecule has 0 atom stereocenters. The molecule has 1 heterocycles. The molecule has 0 amide bonds. The maximum Gasteiger partial charge on any atom is 0.176 e. The zero-order valence-corrected chi connectivity index (χ0v) is 9.34. The molecule has 0 aliphatic heterocycles. The van der Waals surface area contributed by atoms with Crippen molar-refractivity contribution in [2.45, 2.75) is 6.92 Å². The Bertz CT molecular complexity index is 473. The first-order valence-corrected chi connectivity index (χ1v) is 6.05. The predicted molar refractivity (Wildman–Crippen MR) is 63.5 cm³/mol. The highest BCUT2D eigenvalue weighted by Crippen LogP contribution is 2.22. The third-order valence-electron chi connectivity index (χ3n) is 2.22. The molecule has 0 bridgehead atoms. The lowest BCUT2D eigenvalue weighted by atomic mass is 10.1. The molecule has 0 radical (unpaired) electrons. The summed E-state index contributed by atoms with van der Waals surface area (Å²) in [6, 6.07) is 7.62. The lowest BCUT2D eigenvalue weighted by Gasteiger charge is -1.96. The number of benzene rings is 1. The van der Waals surface area contributed by atoms with Crippen LogP contribution in [-0.4, -0.2) is 17.3 Å². The van der Waals surface area contributed by atoms with Crippen molar-refractivity contribution in [1.82, 2.24) is 0 Å². The topological polar surface area (TPSA) is 30.2 Å². The minimum atomic E-state index is 0.145. The number of Topliss-reactive ketones (excluding diaryl/α,β-unsaturated/α-hetero) is 1. The first-order valence-electron chi connectivity index (χ1n) is 4.90. The van der Waals surface area contributed by atoms with E-state index in [0.29, 0.717) is 11.3 Å². The van der Waals surface area contributed by atoms with E-state index in [0.717, 1.165) is 16.7 Å². The highest BCUT2D eigenvalue weighted by atomic mass is 32.2. The Morgan fingerprint density at radius 1 is 1.40 bits per heavy atom. The molecule has 2 rings (SSSR count). The lowest BCUT2D eigenvalue weighted by molar-refractivity contribution is 0.102. The van der Waals surface area contributed by atoms with Crippen molar-refractivity contribution in [1.29, 1.82) is 0 Å². The Morgan fingerprint density at radius 2 is 2.20 bits per heavy atom. The van der Waals surface area contributed by atoms with Gasteiger partial charge in [0.05, 0.1) is 11.3 Å². The summed E-state index contributed by atoms with van der Waals surface area (Å²) in [7, 11) is 0. The Balaban J connectivity index is 2.31. The minimum Gasteiger partial charge on any atom is -0.464 e. The number of carbonyl (C=O) groups is 1. The van der Waals surface area contributed by atoms with E-state index in [9.17, 15) is 4.79 Å². The van der Waals surface area contributed by atoms with Crippen molar-refractivity contribution in [2.75, 3.05) is 11.5 Å². The molecule has 0 fully saturated rings. The van der Waals surface area contributed by atoms with E-state index in [1.165, 1.54) is 0 Å². The molecule has 2 aromatic rings. The molecule has 0 saturated heterocycles. The molecule has 1 aromatic carbocycles. The van der Waals surface area contributed by atoms with Gasteiger partial charge >= 0.3 is 0 Å². The van der Waals surface area contributed by atoms with Crippen molar-refractivity contribution in [3.05, 3.63) is 36.1 Å². The normalized spacial score (nSPS) is 10.7. The molecule has 3 heteroatoms. The summed E-state index contributed by atoms with van der Waals surface area (Å²) in [5, 5.41) is 0.916. The number of fused-ring (bicyclic) bond motifs is 1. The van der Waals surface area contributed by atoms with E-state index in [-0.39, 0.29) is 5.78 Å². The largest absolute Gasteiger partial charge is 0.464 e. The quantitative estimate of drug-likeness (QED) is 0.740. The van der Waals surface area contributed by atoms with Crippen molar-refractivity contribution in [3.8, 4) is 0 Å². The lowest BCUT2D eigenvalue weighted by Crippen LogP contribution is -2.01. The van der Waals surface area contributed by atoms with Gasteiger partial charge in [-0.15, -0.1) is 0 Å². The van der Waals surface area contributed by atoms with Crippen molar-refractivity contribution in [3.63, 3.8) is 0 Å². The van der Waals surface area contributed by atoms with Crippen LogP contribution < -0.4 is 0 Å². The van der Waals surface area contributed by atoms with E-state index < -0.39 is 0 Å². The number of hydrogen-bond acceptors (Lipinski definition) is 3. The third kappa shape index (κ3) is 2.07. The molecule has 1 aromatic heterocycles. The number of ketones is 1. The summed E-state index contributed by atoms with van der Waals surface area (Å²) >= 11 is 1.63. The highest BCUT2D eigenvalue weighted by Gasteiger charge is 2.12. The monoisotopic (exact) mass is 220 g/mol. The van der Waals surface area contributed by atoms with Gasteiger partial charge in [0.15, 0.2) is 5.78 Å². The van der Waals surface area contributed by atoms with Crippen molar-refractivity contribution in [2.24, 2.45) is 0 Å². The standard InChI is InChI=1S/C12H12O2S/c1-2-15-8-11(13)10-7-14-12-6-4-3-5-9(10)12/h3-7H,2,8H2,1H3. The van der Waals surface area contributed by atoms with E-state index in [1.807, 2.05) is 31.2 Å². The van der Waals surface area contributed by atoms with Crippen LogP contribution in [0.2, 0.25) is 0 Å². The summed E-state index contributed by atoms with van der Waals surface area (Å²) in [5.74, 6) is 1.63. The summed E-state index contributed by atoms with van der Waals surface area (Å²) in [6.45, 7) is 2.05. The van der Waals surface area contributed by atoms with Crippen LogP contribution >= 0.6 is 11.8 Å². The van der Waals surface area contributed by atoms with Gasteiger partial charge in [-0.1, -0.05) is 25.1 Å². The molecule has 15 heavy (non-hydrogen) atoms. The van der Waals surface area contributed by atoms with Crippen LogP contribution in [0.4, 0.5) is 0 Å². The van der Waals surface area contributed by atoms with E-state index in [2.05, 4.69) is 0 Å². The SMILES string of the molecule is CCSCC(=O)c1coc2ccccc12. The Hall–Kier alpha value is -1.22. The predicted octanol–water partition coefficient (Wildman–Crippen LogP) is 3.37. The summed E-state index contributed by atoms with van der Waals surface area (Å²) in [4.78, 5) is 11.8. The summed E-state index contributed by atoms with van der Waals surface area (Å²) < 4.78 is 5.32. The number of thioether (sulfide) groups is 1. The van der Waals surface area contributed by atoms with Gasteiger partial charge in [-0.3, -0.25) is 4.79 Å². The molecule has 0 unspecified atom stereocenters.